The van der Waals surface area contributed by atoms with Crippen LogP contribution in [0.5, 0.6) is 0 Å². The van der Waals surface area contributed by atoms with Crippen LogP contribution in [-0.4, -0.2) is 36.9 Å². The summed E-state index contributed by atoms with van der Waals surface area (Å²) in [5.41, 5.74) is 3.82. The minimum Gasteiger partial charge on any atom is -0.454 e. The molecule has 24 heavy (non-hydrogen) atoms. The van der Waals surface area contributed by atoms with Crippen molar-refractivity contribution in [3.63, 3.8) is 0 Å². The first-order valence-electron chi connectivity index (χ1n) is 8.47. The molecule has 0 aromatic rings. The van der Waals surface area contributed by atoms with Gasteiger partial charge in [0.2, 0.25) is 0 Å². The molecule has 134 valence electrons. The van der Waals surface area contributed by atoms with E-state index in [0.717, 1.165) is 18.6 Å². The quantitative estimate of drug-likeness (QED) is 0.440. The van der Waals surface area contributed by atoms with Gasteiger partial charge in [0.15, 0.2) is 12.7 Å². The number of hydrogen-bond donors (Lipinski definition) is 1. The van der Waals surface area contributed by atoms with Gasteiger partial charge < -0.3 is 9.47 Å². The van der Waals surface area contributed by atoms with E-state index in [0.29, 0.717) is 5.92 Å². The lowest BCUT2D eigenvalue weighted by Gasteiger charge is -2.34. The van der Waals surface area contributed by atoms with Crippen molar-refractivity contribution in [1.29, 1.82) is 0 Å². The minimum atomic E-state index is -0.729. The summed E-state index contributed by atoms with van der Waals surface area (Å²) in [5, 5.41) is 4.33. The van der Waals surface area contributed by atoms with Crippen LogP contribution in [0.4, 0.5) is 0 Å². The molecule has 2 aliphatic rings. The molecule has 2 aliphatic carbocycles. The summed E-state index contributed by atoms with van der Waals surface area (Å²) in [4.78, 5) is 23.5. The van der Waals surface area contributed by atoms with Gasteiger partial charge in [0, 0.05) is 11.1 Å². The van der Waals surface area contributed by atoms with Crippen LogP contribution in [0.25, 0.3) is 0 Å². The van der Waals surface area contributed by atoms with Gasteiger partial charge in [0.25, 0.3) is 5.91 Å². The van der Waals surface area contributed by atoms with Gasteiger partial charge in [-0.15, -0.1) is 6.58 Å². The van der Waals surface area contributed by atoms with Crippen molar-refractivity contribution in [3.05, 3.63) is 12.7 Å². The Morgan fingerprint density at radius 3 is 2.71 bits per heavy atom. The van der Waals surface area contributed by atoms with Crippen molar-refractivity contribution < 1.29 is 19.1 Å². The summed E-state index contributed by atoms with van der Waals surface area (Å²) < 4.78 is 10.1. The lowest BCUT2D eigenvalue weighted by atomic mass is 9.70. The van der Waals surface area contributed by atoms with E-state index in [1.807, 2.05) is 0 Å². The smallest absolute Gasteiger partial charge is 0.335 e. The number of amides is 1. The zero-order valence-corrected chi connectivity index (χ0v) is 15.1. The molecule has 0 spiro atoms. The largest absolute Gasteiger partial charge is 0.454 e. The number of hydrogen-bond acceptors (Lipinski definition) is 5. The normalized spacial score (nSPS) is 30.2. The highest BCUT2D eigenvalue weighted by molar-refractivity contribution is 5.95. The van der Waals surface area contributed by atoms with E-state index in [1.165, 1.54) is 6.42 Å². The molecule has 3 atom stereocenters. The second-order valence-electron chi connectivity index (χ2n) is 7.46. The maximum atomic E-state index is 11.9. The number of hydrazone groups is 1. The highest BCUT2D eigenvalue weighted by atomic mass is 16.6. The Morgan fingerprint density at radius 2 is 2.17 bits per heavy atom. The topological polar surface area (TPSA) is 77.0 Å². The molecule has 0 saturated heterocycles. The first-order chi connectivity index (χ1) is 11.2. The van der Waals surface area contributed by atoms with Crippen molar-refractivity contribution >= 4 is 17.6 Å². The SMILES string of the molecule is C=CCOC(C)C(=O)OCC(=O)N/N=C1/CC2CCC1(C)C2(C)C. The van der Waals surface area contributed by atoms with E-state index in [-0.39, 0.29) is 24.0 Å². The fourth-order valence-electron chi connectivity index (χ4n) is 3.79. The van der Waals surface area contributed by atoms with Gasteiger partial charge in [-0.2, -0.15) is 5.10 Å². The summed E-state index contributed by atoms with van der Waals surface area (Å²) in [7, 11) is 0. The zero-order valence-electron chi connectivity index (χ0n) is 15.1. The standard InChI is InChI=1S/C18H28N2O4/c1-6-9-23-12(2)16(22)24-11-15(21)20-19-14-10-13-7-8-18(14,5)17(13,3)4/h6,12-13H,1,7-11H2,2-5H3,(H,20,21)/b19-14-. The van der Waals surface area contributed by atoms with E-state index < -0.39 is 18.0 Å². The van der Waals surface area contributed by atoms with Gasteiger partial charge in [-0.3, -0.25) is 4.79 Å². The van der Waals surface area contributed by atoms with Crippen LogP contribution in [0, 0.1) is 16.7 Å². The molecule has 2 fully saturated rings. The summed E-state index contributed by atoms with van der Waals surface area (Å²) in [6.45, 7) is 11.8. The first kappa shape index (κ1) is 18.6. The van der Waals surface area contributed by atoms with Crippen LogP contribution in [-0.2, 0) is 19.1 Å². The molecule has 1 N–H and O–H groups in total. The molecule has 2 bridgehead atoms. The minimum absolute atomic E-state index is 0.0364. The molecule has 0 radical (unpaired) electrons. The van der Waals surface area contributed by atoms with Gasteiger partial charge in [-0.1, -0.05) is 26.8 Å². The van der Waals surface area contributed by atoms with E-state index in [9.17, 15) is 9.59 Å². The van der Waals surface area contributed by atoms with Crippen LogP contribution in [0.15, 0.2) is 17.8 Å². The average Bonchev–Trinajstić information content (AvgIpc) is 2.88. The Hall–Kier alpha value is -1.69. The highest BCUT2D eigenvalue weighted by Gasteiger charge is 2.59. The Labute approximate surface area is 143 Å². The molecule has 3 unspecified atom stereocenters. The Bertz CT molecular complexity index is 555. The van der Waals surface area contributed by atoms with E-state index in [2.05, 4.69) is 37.9 Å². The fraction of sp³-hybridized carbons (Fsp3) is 0.722. The molecule has 0 aromatic heterocycles. The number of nitrogens with one attached hydrogen (secondary N) is 1. The molecule has 2 saturated carbocycles. The molecule has 1 amide bonds. The van der Waals surface area contributed by atoms with Gasteiger partial charge in [0.1, 0.15) is 0 Å². The highest BCUT2D eigenvalue weighted by Crippen LogP contribution is 2.63. The summed E-state index contributed by atoms with van der Waals surface area (Å²) in [6.07, 6.45) is 4.07. The van der Waals surface area contributed by atoms with Gasteiger partial charge in [-0.05, 0) is 37.5 Å². The van der Waals surface area contributed by atoms with E-state index in [1.54, 1.807) is 13.0 Å². The van der Waals surface area contributed by atoms with E-state index >= 15 is 0 Å². The van der Waals surface area contributed by atoms with Gasteiger partial charge in [0.05, 0.1) is 6.61 Å². The average molecular weight is 336 g/mol. The van der Waals surface area contributed by atoms with Crippen LogP contribution >= 0.6 is 0 Å². The number of carbonyl (C=O) groups excluding carboxylic acids is 2. The predicted molar refractivity (Wildman–Crippen MR) is 91.4 cm³/mol. The summed E-state index contributed by atoms with van der Waals surface area (Å²) in [5.74, 6) is -0.387. The first-order valence-corrected chi connectivity index (χ1v) is 8.47. The molecular weight excluding hydrogens is 308 g/mol. The third-order valence-corrected chi connectivity index (χ3v) is 5.97. The maximum Gasteiger partial charge on any atom is 0.335 e. The molecule has 0 aliphatic heterocycles. The van der Waals surface area contributed by atoms with Crippen molar-refractivity contribution in [2.75, 3.05) is 13.2 Å². The molecule has 0 heterocycles. The lowest BCUT2D eigenvalue weighted by Crippen LogP contribution is -2.35. The van der Waals surface area contributed by atoms with Crippen molar-refractivity contribution in [2.45, 2.75) is 53.1 Å². The summed E-state index contributed by atoms with van der Waals surface area (Å²) in [6, 6.07) is 0. The summed E-state index contributed by atoms with van der Waals surface area (Å²) >= 11 is 0. The number of esters is 1. The molecule has 6 heteroatoms. The molecular formula is C18H28N2O4. The molecule has 0 aromatic carbocycles. The number of carbonyl (C=O) groups is 2. The molecule has 6 nitrogen and oxygen atoms in total. The Balaban J connectivity index is 1.82. The van der Waals surface area contributed by atoms with Gasteiger partial charge >= 0.3 is 5.97 Å². The second kappa shape index (κ2) is 7.05. The second-order valence-corrected chi connectivity index (χ2v) is 7.46. The predicted octanol–water partition coefficient (Wildman–Crippen LogP) is 2.44. The van der Waals surface area contributed by atoms with Crippen molar-refractivity contribution in [1.82, 2.24) is 5.43 Å². The van der Waals surface area contributed by atoms with Crippen LogP contribution in [0.2, 0.25) is 0 Å². The van der Waals surface area contributed by atoms with Crippen LogP contribution in [0.3, 0.4) is 0 Å². The fourth-order valence-corrected chi connectivity index (χ4v) is 3.79. The third-order valence-electron chi connectivity index (χ3n) is 5.97. The lowest BCUT2D eigenvalue weighted by molar-refractivity contribution is -0.158. The third kappa shape index (κ3) is 3.38. The Morgan fingerprint density at radius 1 is 1.46 bits per heavy atom. The number of fused-ring (bicyclic) bond motifs is 2. The van der Waals surface area contributed by atoms with Crippen LogP contribution < -0.4 is 5.43 Å². The number of nitrogens with zero attached hydrogens (tertiary/aromatic N) is 1. The monoisotopic (exact) mass is 336 g/mol. The maximum absolute atomic E-state index is 11.9. The van der Waals surface area contributed by atoms with Gasteiger partial charge in [-0.25, -0.2) is 10.2 Å². The van der Waals surface area contributed by atoms with Crippen molar-refractivity contribution in [2.24, 2.45) is 21.8 Å². The Kier molecular flexibility index (Phi) is 5.48. The number of rotatable bonds is 7. The number of ether oxygens (including phenoxy) is 2. The van der Waals surface area contributed by atoms with Crippen LogP contribution in [0.1, 0.15) is 47.0 Å². The molecule has 2 rings (SSSR count). The van der Waals surface area contributed by atoms with Crippen molar-refractivity contribution in [3.8, 4) is 0 Å². The zero-order chi connectivity index (χ0) is 18.0. The van der Waals surface area contributed by atoms with E-state index in [4.69, 9.17) is 9.47 Å².